The lowest BCUT2D eigenvalue weighted by Gasteiger charge is -2.40. The maximum atomic E-state index is 13.4. The largest absolute Gasteiger partial charge is 0.494 e. The average Bonchev–Trinajstić information content (AvgIpc) is 2.96. The van der Waals surface area contributed by atoms with Gasteiger partial charge < -0.3 is 25.2 Å². The second kappa shape index (κ2) is 12.5. The first kappa shape index (κ1) is 28.5. The Hall–Kier alpha value is -4.54. The maximum Gasteiger partial charge on any atom is 0.416 e. The molecule has 1 unspecified atom stereocenters. The van der Waals surface area contributed by atoms with Crippen molar-refractivity contribution in [2.75, 3.05) is 31.6 Å². The van der Waals surface area contributed by atoms with Crippen molar-refractivity contribution in [2.24, 2.45) is 0 Å². The van der Waals surface area contributed by atoms with Crippen LogP contribution in [0.2, 0.25) is 0 Å². The summed E-state index contributed by atoms with van der Waals surface area (Å²) in [7, 11) is 0. The van der Waals surface area contributed by atoms with E-state index in [1.54, 1.807) is 24.3 Å². The molecular weight excluding hydrogens is 525 g/mol. The summed E-state index contributed by atoms with van der Waals surface area (Å²) in [6, 6.07) is 18.4. The van der Waals surface area contributed by atoms with Crippen LogP contribution >= 0.6 is 0 Å². The van der Waals surface area contributed by atoms with E-state index in [2.05, 4.69) is 10.6 Å². The van der Waals surface area contributed by atoms with Crippen LogP contribution < -0.4 is 15.4 Å². The van der Waals surface area contributed by atoms with E-state index in [0.29, 0.717) is 18.0 Å². The lowest BCUT2D eigenvalue weighted by atomic mass is 10.1. The van der Waals surface area contributed by atoms with Gasteiger partial charge in [0.15, 0.2) is 0 Å². The average molecular weight is 555 g/mol. The molecule has 0 radical (unpaired) electrons. The van der Waals surface area contributed by atoms with Gasteiger partial charge in [-0.15, -0.1) is 0 Å². The van der Waals surface area contributed by atoms with E-state index in [4.69, 9.17) is 4.74 Å². The molecule has 0 aliphatic carbocycles. The Kier molecular flexibility index (Phi) is 8.93. The molecule has 0 bridgehead atoms. The molecule has 2 N–H and O–H groups in total. The van der Waals surface area contributed by atoms with Gasteiger partial charge in [0.1, 0.15) is 11.8 Å². The quantitative estimate of drug-likeness (QED) is 0.440. The van der Waals surface area contributed by atoms with E-state index in [9.17, 15) is 27.6 Å². The predicted molar refractivity (Wildman–Crippen MR) is 143 cm³/mol. The van der Waals surface area contributed by atoms with Crippen molar-refractivity contribution in [1.82, 2.24) is 15.1 Å². The minimum atomic E-state index is -4.62. The number of carbonyl (C=O) groups excluding carboxylic acids is 3. The molecule has 4 rings (SSSR count). The Bertz CT molecular complexity index is 1330. The molecule has 1 atom stereocenters. The van der Waals surface area contributed by atoms with Crippen molar-refractivity contribution in [2.45, 2.75) is 25.7 Å². The Morgan fingerprint density at radius 2 is 1.68 bits per heavy atom. The number of benzene rings is 3. The van der Waals surface area contributed by atoms with Crippen molar-refractivity contribution in [1.29, 1.82) is 0 Å². The number of nitrogens with zero attached hydrogens (tertiary/aromatic N) is 2. The number of hydrogen-bond acceptors (Lipinski definition) is 4. The second-order valence-corrected chi connectivity index (χ2v) is 9.13. The summed E-state index contributed by atoms with van der Waals surface area (Å²) in [6.45, 7) is 2.43. The van der Waals surface area contributed by atoms with Gasteiger partial charge in [0.05, 0.1) is 18.7 Å². The maximum absolute atomic E-state index is 13.4. The first-order valence-electron chi connectivity index (χ1n) is 12.7. The normalized spacial score (nSPS) is 15.3. The monoisotopic (exact) mass is 554 g/mol. The van der Waals surface area contributed by atoms with Crippen LogP contribution in [-0.2, 0) is 17.5 Å². The zero-order chi connectivity index (χ0) is 28.7. The molecule has 1 aliphatic rings. The number of anilines is 1. The number of urea groups is 1. The number of nitrogens with one attached hydrogen (secondary N) is 2. The lowest BCUT2D eigenvalue weighted by Crippen LogP contribution is -2.62. The second-order valence-electron chi connectivity index (χ2n) is 9.13. The van der Waals surface area contributed by atoms with Crippen LogP contribution in [0.3, 0.4) is 0 Å². The number of hydrogen-bond donors (Lipinski definition) is 2. The van der Waals surface area contributed by atoms with Gasteiger partial charge in [-0.2, -0.15) is 13.2 Å². The van der Waals surface area contributed by atoms with Crippen LogP contribution in [0.5, 0.6) is 5.75 Å². The van der Waals surface area contributed by atoms with Gasteiger partial charge in [0.2, 0.25) is 5.91 Å². The van der Waals surface area contributed by atoms with E-state index < -0.39 is 35.6 Å². The van der Waals surface area contributed by atoms with E-state index in [1.807, 2.05) is 37.3 Å². The smallest absolute Gasteiger partial charge is 0.416 e. The highest BCUT2D eigenvalue weighted by Crippen LogP contribution is 2.30. The van der Waals surface area contributed by atoms with Crippen LogP contribution in [-0.4, -0.2) is 59.9 Å². The summed E-state index contributed by atoms with van der Waals surface area (Å²) in [4.78, 5) is 42.4. The SMILES string of the molecule is CCOc1ccc(NC(=O)N2CCN(C(=O)c3cccc(C(F)(F)F)c3)C(C(=O)NCc3ccccc3)C2)cc1. The molecule has 40 heavy (non-hydrogen) atoms. The summed E-state index contributed by atoms with van der Waals surface area (Å²) >= 11 is 0. The van der Waals surface area contributed by atoms with Gasteiger partial charge in [0.25, 0.3) is 5.91 Å². The number of alkyl halides is 3. The Morgan fingerprint density at radius 1 is 0.950 bits per heavy atom. The number of ether oxygens (including phenoxy) is 1. The molecule has 210 valence electrons. The minimum absolute atomic E-state index is 0.0464. The summed E-state index contributed by atoms with van der Waals surface area (Å²) in [6.07, 6.45) is -4.62. The van der Waals surface area contributed by atoms with Gasteiger partial charge in [-0.05, 0) is 55.0 Å². The number of amides is 4. The van der Waals surface area contributed by atoms with E-state index >= 15 is 0 Å². The molecule has 0 spiro atoms. The fourth-order valence-corrected chi connectivity index (χ4v) is 4.34. The molecule has 3 aromatic rings. The summed E-state index contributed by atoms with van der Waals surface area (Å²) in [5, 5.41) is 5.55. The zero-order valence-electron chi connectivity index (χ0n) is 21.8. The number of rotatable bonds is 7. The Morgan fingerprint density at radius 3 is 2.35 bits per heavy atom. The van der Waals surface area contributed by atoms with E-state index in [1.165, 1.54) is 15.9 Å². The molecule has 1 saturated heterocycles. The van der Waals surface area contributed by atoms with Gasteiger partial charge in [-0.1, -0.05) is 36.4 Å². The van der Waals surface area contributed by atoms with Gasteiger partial charge in [0, 0.05) is 30.9 Å². The van der Waals surface area contributed by atoms with Crippen molar-refractivity contribution in [3.8, 4) is 5.75 Å². The van der Waals surface area contributed by atoms with Crippen molar-refractivity contribution in [3.05, 3.63) is 95.6 Å². The molecule has 4 amide bonds. The number of carbonyl (C=O) groups is 3. The van der Waals surface area contributed by atoms with Crippen LogP contribution in [0.4, 0.5) is 23.7 Å². The first-order valence-corrected chi connectivity index (χ1v) is 12.7. The van der Waals surface area contributed by atoms with Gasteiger partial charge in [-0.25, -0.2) is 4.79 Å². The highest BCUT2D eigenvalue weighted by molar-refractivity contribution is 5.98. The highest BCUT2D eigenvalue weighted by Gasteiger charge is 2.38. The number of piperazine rings is 1. The topological polar surface area (TPSA) is 91.0 Å². The van der Waals surface area contributed by atoms with Crippen molar-refractivity contribution >= 4 is 23.5 Å². The van der Waals surface area contributed by atoms with Crippen LogP contribution in [0, 0.1) is 0 Å². The van der Waals surface area contributed by atoms with Gasteiger partial charge in [-0.3, -0.25) is 9.59 Å². The van der Waals surface area contributed by atoms with Gasteiger partial charge >= 0.3 is 12.2 Å². The summed E-state index contributed by atoms with van der Waals surface area (Å²) < 4.78 is 45.2. The van der Waals surface area contributed by atoms with Crippen molar-refractivity contribution in [3.63, 3.8) is 0 Å². The van der Waals surface area contributed by atoms with Crippen LogP contribution in [0.25, 0.3) is 0 Å². The summed E-state index contributed by atoms with van der Waals surface area (Å²) in [5.41, 5.74) is 0.188. The molecule has 3 aromatic carbocycles. The number of halogens is 3. The fourth-order valence-electron chi connectivity index (χ4n) is 4.34. The molecule has 0 saturated carbocycles. The molecule has 1 heterocycles. The van der Waals surface area contributed by atoms with E-state index in [0.717, 1.165) is 23.8 Å². The third-order valence-electron chi connectivity index (χ3n) is 6.39. The summed E-state index contributed by atoms with van der Waals surface area (Å²) in [5.74, 6) is -0.599. The minimum Gasteiger partial charge on any atom is -0.494 e. The van der Waals surface area contributed by atoms with E-state index in [-0.39, 0.29) is 31.7 Å². The lowest BCUT2D eigenvalue weighted by molar-refractivity contribution is -0.137. The van der Waals surface area contributed by atoms with Crippen LogP contribution in [0.1, 0.15) is 28.4 Å². The standard InChI is InChI=1S/C29H29F3N4O4/c1-2-40-24-13-11-23(12-14-24)34-28(39)35-15-16-36(27(38)21-9-6-10-22(17-21)29(30,31)32)25(19-35)26(37)33-18-20-7-4-3-5-8-20/h3-14,17,25H,2,15-16,18-19H2,1H3,(H,33,37)(H,34,39). The molecule has 0 aromatic heterocycles. The Balaban J connectivity index is 1.52. The molecular formula is C29H29F3N4O4. The Labute approximate surface area is 229 Å². The molecule has 1 aliphatic heterocycles. The van der Waals surface area contributed by atoms with Crippen molar-refractivity contribution < 1.29 is 32.3 Å². The first-order chi connectivity index (χ1) is 19.2. The molecule has 11 heteroatoms. The zero-order valence-corrected chi connectivity index (χ0v) is 21.8. The third-order valence-corrected chi connectivity index (χ3v) is 6.39. The van der Waals surface area contributed by atoms with Crippen LogP contribution in [0.15, 0.2) is 78.9 Å². The predicted octanol–water partition coefficient (Wildman–Crippen LogP) is 4.78. The third kappa shape index (κ3) is 7.10. The highest BCUT2D eigenvalue weighted by atomic mass is 19.4. The fraction of sp³-hybridized carbons (Fsp3) is 0.276. The molecule has 8 nitrogen and oxygen atoms in total. The molecule has 1 fully saturated rings.